The van der Waals surface area contributed by atoms with Crippen molar-refractivity contribution >= 4 is 5.97 Å². The Labute approximate surface area is 98.4 Å². The Balaban J connectivity index is 2.42. The fraction of sp³-hybridized carbons (Fsp3) is 0.417. The molecule has 1 heterocycles. The Bertz CT molecular complexity index is 414. The molecule has 4 nitrogen and oxygen atoms in total. The van der Waals surface area contributed by atoms with Crippen LogP contribution in [0.3, 0.4) is 0 Å². The molecule has 1 saturated heterocycles. The molecule has 0 spiro atoms. The summed E-state index contributed by atoms with van der Waals surface area (Å²) in [4.78, 5) is 11.5. The van der Waals surface area contributed by atoms with E-state index in [0.717, 1.165) is 6.42 Å². The topological polar surface area (TPSA) is 58.6 Å². The molecule has 0 aromatic heterocycles. The highest BCUT2D eigenvalue weighted by atomic mass is 19.1. The first-order valence-corrected chi connectivity index (χ1v) is 5.47. The largest absolute Gasteiger partial charge is 0.480 e. The molecule has 92 valence electrons. The molecule has 1 aliphatic rings. The van der Waals surface area contributed by atoms with Gasteiger partial charge in [-0.1, -0.05) is 12.1 Å². The van der Waals surface area contributed by atoms with Crippen LogP contribution in [0.25, 0.3) is 0 Å². The van der Waals surface area contributed by atoms with E-state index in [4.69, 9.17) is 4.74 Å². The SMILES string of the molecule is O=C(O)C1(c2cccc(F)c2)COCCCN1. The Morgan fingerprint density at radius 3 is 3.06 bits per heavy atom. The predicted octanol–water partition coefficient (Wildman–Crippen LogP) is 1.12. The molecule has 0 amide bonds. The fourth-order valence-corrected chi connectivity index (χ4v) is 1.95. The predicted molar refractivity (Wildman–Crippen MR) is 59.2 cm³/mol. The molecule has 1 atom stereocenters. The zero-order valence-corrected chi connectivity index (χ0v) is 9.28. The van der Waals surface area contributed by atoms with Gasteiger partial charge in [-0.05, 0) is 30.7 Å². The van der Waals surface area contributed by atoms with E-state index in [1.165, 1.54) is 18.2 Å². The van der Waals surface area contributed by atoms with E-state index in [9.17, 15) is 14.3 Å². The summed E-state index contributed by atoms with van der Waals surface area (Å²) in [5.74, 6) is -1.50. The molecular formula is C12H14FNO3. The van der Waals surface area contributed by atoms with Crippen molar-refractivity contribution in [2.45, 2.75) is 12.0 Å². The maximum absolute atomic E-state index is 13.2. The zero-order chi connectivity index (χ0) is 12.3. The Kier molecular flexibility index (Phi) is 3.40. The molecule has 0 radical (unpaired) electrons. The molecule has 0 saturated carbocycles. The lowest BCUT2D eigenvalue weighted by Gasteiger charge is -2.28. The van der Waals surface area contributed by atoms with E-state index >= 15 is 0 Å². The molecule has 5 heteroatoms. The van der Waals surface area contributed by atoms with Crippen LogP contribution in [0.4, 0.5) is 4.39 Å². The van der Waals surface area contributed by atoms with Gasteiger partial charge in [-0.2, -0.15) is 0 Å². The van der Waals surface area contributed by atoms with Gasteiger partial charge >= 0.3 is 5.97 Å². The van der Waals surface area contributed by atoms with Crippen LogP contribution in [-0.4, -0.2) is 30.8 Å². The van der Waals surface area contributed by atoms with E-state index < -0.39 is 17.3 Å². The number of rotatable bonds is 2. The Hall–Kier alpha value is -1.46. The van der Waals surface area contributed by atoms with Gasteiger partial charge in [0.15, 0.2) is 5.54 Å². The number of halogens is 1. The van der Waals surface area contributed by atoms with Crippen LogP contribution in [0.1, 0.15) is 12.0 Å². The summed E-state index contributed by atoms with van der Waals surface area (Å²) in [7, 11) is 0. The van der Waals surface area contributed by atoms with E-state index in [1.54, 1.807) is 6.07 Å². The number of ether oxygens (including phenoxy) is 1. The molecule has 1 aromatic rings. The van der Waals surface area contributed by atoms with Crippen molar-refractivity contribution in [1.29, 1.82) is 0 Å². The molecule has 17 heavy (non-hydrogen) atoms. The van der Waals surface area contributed by atoms with E-state index in [1.807, 2.05) is 0 Å². The highest BCUT2D eigenvalue weighted by Crippen LogP contribution is 2.24. The third-order valence-electron chi connectivity index (χ3n) is 2.89. The number of nitrogens with one attached hydrogen (secondary N) is 1. The lowest BCUT2D eigenvalue weighted by molar-refractivity contribution is -0.147. The van der Waals surface area contributed by atoms with Crippen molar-refractivity contribution in [2.24, 2.45) is 0 Å². The van der Waals surface area contributed by atoms with E-state index in [0.29, 0.717) is 18.7 Å². The Morgan fingerprint density at radius 2 is 2.35 bits per heavy atom. The van der Waals surface area contributed by atoms with E-state index in [-0.39, 0.29) is 6.61 Å². The lowest BCUT2D eigenvalue weighted by Crippen LogP contribution is -2.51. The minimum atomic E-state index is -1.35. The smallest absolute Gasteiger partial charge is 0.331 e. The maximum Gasteiger partial charge on any atom is 0.331 e. The van der Waals surface area contributed by atoms with Crippen molar-refractivity contribution in [1.82, 2.24) is 5.32 Å². The number of carboxylic acid groups (broad SMARTS) is 1. The molecular weight excluding hydrogens is 225 g/mol. The molecule has 1 aliphatic heterocycles. The van der Waals surface area contributed by atoms with Gasteiger partial charge in [0.05, 0.1) is 6.61 Å². The summed E-state index contributed by atoms with van der Waals surface area (Å²) in [6, 6.07) is 5.62. The number of benzene rings is 1. The second kappa shape index (κ2) is 4.81. The number of aliphatic carboxylic acids is 1. The zero-order valence-electron chi connectivity index (χ0n) is 9.28. The second-order valence-electron chi connectivity index (χ2n) is 4.05. The fourth-order valence-electron chi connectivity index (χ4n) is 1.95. The minimum absolute atomic E-state index is 0.00574. The van der Waals surface area contributed by atoms with Crippen molar-refractivity contribution in [2.75, 3.05) is 19.8 Å². The average Bonchev–Trinajstić information content (AvgIpc) is 2.55. The monoisotopic (exact) mass is 239 g/mol. The third kappa shape index (κ3) is 2.30. The van der Waals surface area contributed by atoms with Gasteiger partial charge < -0.3 is 9.84 Å². The molecule has 2 rings (SSSR count). The third-order valence-corrected chi connectivity index (χ3v) is 2.89. The summed E-state index contributed by atoms with van der Waals surface area (Å²) in [6.07, 6.45) is 0.740. The van der Waals surface area contributed by atoms with E-state index in [2.05, 4.69) is 5.32 Å². The molecule has 0 aliphatic carbocycles. The maximum atomic E-state index is 13.2. The van der Waals surface area contributed by atoms with Crippen LogP contribution in [0.2, 0.25) is 0 Å². The van der Waals surface area contributed by atoms with Crippen LogP contribution in [0.5, 0.6) is 0 Å². The van der Waals surface area contributed by atoms with Gasteiger partial charge in [0, 0.05) is 6.61 Å². The van der Waals surface area contributed by atoms with Gasteiger partial charge in [0.25, 0.3) is 0 Å². The molecule has 1 aromatic carbocycles. The lowest BCUT2D eigenvalue weighted by atomic mass is 9.90. The normalized spacial score (nSPS) is 25.2. The van der Waals surface area contributed by atoms with Crippen molar-refractivity contribution in [3.05, 3.63) is 35.6 Å². The second-order valence-corrected chi connectivity index (χ2v) is 4.05. The van der Waals surface area contributed by atoms with Gasteiger partial charge in [0.1, 0.15) is 5.82 Å². The highest BCUT2D eigenvalue weighted by molar-refractivity contribution is 5.81. The standard InChI is InChI=1S/C12H14FNO3/c13-10-4-1-3-9(7-10)12(11(15)16)8-17-6-2-5-14-12/h1,3-4,7,14H,2,5-6,8H2,(H,15,16). The first-order chi connectivity index (χ1) is 8.15. The van der Waals surface area contributed by atoms with Gasteiger partial charge in [-0.15, -0.1) is 0 Å². The molecule has 1 fully saturated rings. The minimum Gasteiger partial charge on any atom is -0.480 e. The van der Waals surface area contributed by atoms with Crippen molar-refractivity contribution < 1.29 is 19.0 Å². The van der Waals surface area contributed by atoms with Gasteiger partial charge in [0.2, 0.25) is 0 Å². The highest BCUT2D eigenvalue weighted by Gasteiger charge is 2.41. The summed E-state index contributed by atoms with van der Waals surface area (Å²) in [5.41, 5.74) is -0.967. The number of hydrogen-bond acceptors (Lipinski definition) is 3. The summed E-state index contributed by atoms with van der Waals surface area (Å²) in [6.45, 7) is 1.05. The summed E-state index contributed by atoms with van der Waals surface area (Å²) < 4.78 is 18.5. The molecule has 2 N–H and O–H groups in total. The Morgan fingerprint density at radius 1 is 1.53 bits per heavy atom. The molecule has 1 unspecified atom stereocenters. The van der Waals surface area contributed by atoms with Crippen LogP contribution in [-0.2, 0) is 15.1 Å². The first-order valence-electron chi connectivity index (χ1n) is 5.47. The summed E-state index contributed by atoms with van der Waals surface area (Å²) in [5, 5.41) is 12.3. The number of carbonyl (C=O) groups is 1. The van der Waals surface area contributed by atoms with Crippen LogP contribution in [0, 0.1) is 5.82 Å². The summed E-state index contributed by atoms with van der Waals surface area (Å²) >= 11 is 0. The number of carboxylic acids is 1. The van der Waals surface area contributed by atoms with Gasteiger partial charge in [-0.25, -0.2) is 9.18 Å². The van der Waals surface area contributed by atoms with Crippen LogP contribution in [0.15, 0.2) is 24.3 Å². The average molecular weight is 239 g/mol. The number of hydrogen-bond donors (Lipinski definition) is 2. The first kappa shape index (κ1) is 12.0. The quantitative estimate of drug-likeness (QED) is 0.811. The van der Waals surface area contributed by atoms with Crippen LogP contribution < -0.4 is 5.32 Å². The van der Waals surface area contributed by atoms with Crippen LogP contribution >= 0.6 is 0 Å². The van der Waals surface area contributed by atoms with Crippen molar-refractivity contribution in [3.63, 3.8) is 0 Å². The van der Waals surface area contributed by atoms with Gasteiger partial charge in [-0.3, -0.25) is 5.32 Å². The van der Waals surface area contributed by atoms with Crippen molar-refractivity contribution in [3.8, 4) is 0 Å². The molecule has 0 bridgehead atoms.